The Morgan fingerprint density at radius 3 is 2.73 bits per heavy atom. The first kappa shape index (κ1) is 10.4. The third-order valence-electron chi connectivity index (χ3n) is 3.23. The SMILES string of the molecule is COc1ccc2c(c1)[Si](C)(C)CCC2=O. The molecule has 0 spiro atoms. The van der Waals surface area contributed by atoms with E-state index in [9.17, 15) is 4.79 Å². The van der Waals surface area contributed by atoms with Gasteiger partial charge in [-0.15, -0.1) is 0 Å². The lowest BCUT2D eigenvalue weighted by molar-refractivity contribution is 0.0987. The number of rotatable bonds is 1. The van der Waals surface area contributed by atoms with Gasteiger partial charge in [0.15, 0.2) is 5.78 Å². The molecule has 1 aliphatic rings. The Morgan fingerprint density at radius 2 is 2.07 bits per heavy atom. The fourth-order valence-corrected chi connectivity index (χ4v) is 4.76. The van der Waals surface area contributed by atoms with Gasteiger partial charge in [-0.25, -0.2) is 0 Å². The minimum absolute atomic E-state index is 0.291. The molecule has 0 aliphatic carbocycles. The first-order valence-corrected chi connectivity index (χ1v) is 8.47. The second-order valence-electron chi connectivity index (χ2n) is 4.72. The molecular formula is C12H16O2Si. The third-order valence-corrected chi connectivity index (χ3v) is 6.61. The van der Waals surface area contributed by atoms with Crippen LogP contribution in [0.25, 0.3) is 0 Å². The molecule has 0 N–H and O–H groups in total. The number of carbonyl (C=O) groups is 1. The van der Waals surface area contributed by atoms with Gasteiger partial charge in [-0.1, -0.05) is 13.1 Å². The van der Waals surface area contributed by atoms with Gasteiger partial charge in [0, 0.05) is 12.0 Å². The molecule has 0 atom stereocenters. The van der Waals surface area contributed by atoms with Gasteiger partial charge in [-0.05, 0) is 29.4 Å². The molecule has 80 valence electrons. The highest BCUT2D eigenvalue weighted by molar-refractivity contribution is 6.91. The van der Waals surface area contributed by atoms with Crippen LogP contribution in [0, 0.1) is 0 Å². The molecule has 0 saturated carbocycles. The average molecular weight is 220 g/mol. The van der Waals surface area contributed by atoms with Crippen molar-refractivity contribution in [3.05, 3.63) is 23.8 Å². The van der Waals surface area contributed by atoms with Crippen LogP contribution in [0.15, 0.2) is 18.2 Å². The van der Waals surface area contributed by atoms with Crippen molar-refractivity contribution in [2.75, 3.05) is 7.11 Å². The molecule has 3 heteroatoms. The largest absolute Gasteiger partial charge is 0.497 e. The van der Waals surface area contributed by atoms with Crippen molar-refractivity contribution in [1.82, 2.24) is 0 Å². The molecule has 1 aromatic rings. The molecule has 2 nitrogen and oxygen atoms in total. The summed E-state index contributed by atoms with van der Waals surface area (Å²) in [6.45, 7) is 4.63. The van der Waals surface area contributed by atoms with Gasteiger partial charge < -0.3 is 4.74 Å². The Labute approximate surface area is 91.3 Å². The average Bonchev–Trinajstić information content (AvgIpc) is 2.24. The van der Waals surface area contributed by atoms with Crippen LogP contribution in [-0.4, -0.2) is 21.0 Å². The zero-order chi connectivity index (χ0) is 11.1. The summed E-state index contributed by atoms with van der Waals surface area (Å²) in [5.41, 5.74) is 0.929. The van der Waals surface area contributed by atoms with Crippen molar-refractivity contribution in [3.8, 4) is 5.75 Å². The maximum atomic E-state index is 11.8. The van der Waals surface area contributed by atoms with E-state index >= 15 is 0 Å². The summed E-state index contributed by atoms with van der Waals surface area (Å²) in [6, 6.07) is 6.92. The second-order valence-corrected chi connectivity index (χ2v) is 9.53. The highest BCUT2D eigenvalue weighted by Crippen LogP contribution is 2.25. The molecule has 1 aliphatic heterocycles. The molecule has 1 heterocycles. The van der Waals surface area contributed by atoms with Crippen LogP contribution >= 0.6 is 0 Å². The summed E-state index contributed by atoms with van der Waals surface area (Å²) < 4.78 is 5.22. The summed E-state index contributed by atoms with van der Waals surface area (Å²) in [5.74, 6) is 1.16. The van der Waals surface area contributed by atoms with E-state index in [1.165, 1.54) is 5.19 Å². The Morgan fingerprint density at radius 1 is 1.33 bits per heavy atom. The van der Waals surface area contributed by atoms with Crippen LogP contribution in [0.5, 0.6) is 5.75 Å². The summed E-state index contributed by atoms with van der Waals surface area (Å²) in [5, 5.41) is 1.26. The van der Waals surface area contributed by atoms with Crippen LogP contribution in [0.2, 0.25) is 19.1 Å². The Kier molecular flexibility index (Phi) is 2.42. The van der Waals surface area contributed by atoms with Gasteiger partial charge in [0.1, 0.15) is 5.75 Å². The summed E-state index contributed by atoms with van der Waals surface area (Å²) in [4.78, 5) is 11.8. The topological polar surface area (TPSA) is 26.3 Å². The van der Waals surface area contributed by atoms with Crippen molar-refractivity contribution < 1.29 is 9.53 Å². The molecule has 0 radical (unpaired) electrons. The van der Waals surface area contributed by atoms with E-state index in [1.54, 1.807) is 7.11 Å². The lowest BCUT2D eigenvalue weighted by Gasteiger charge is -2.29. The molecule has 0 amide bonds. The molecule has 0 saturated heterocycles. The van der Waals surface area contributed by atoms with Crippen molar-refractivity contribution in [2.24, 2.45) is 0 Å². The van der Waals surface area contributed by atoms with E-state index in [0.29, 0.717) is 5.78 Å². The minimum atomic E-state index is -1.40. The second kappa shape index (κ2) is 3.49. The van der Waals surface area contributed by atoms with E-state index in [2.05, 4.69) is 19.2 Å². The van der Waals surface area contributed by atoms with Crippen molar-refractivity contribution in [2.45, 2.75) is 25.6 Å². The van der Waals surface area contributed by atoms with Gasteiger partial charge in [0.2, 0.25) is 0 Å². The predicted molar refractivity (Wildman–Crippen MR) is 63.9 cm³/mol. The molecule has 0 unspecified atom stereocenters. The number of hydrogen-bond acceptors (Lipinski definition) is 2. The molecule has 1 aromatic carbocycles. The summed E-state index contributed by atoms with van der Waals surface area (Å²) in [6.07, 6.45) is 0.721. The van der Waals surface area contributed by atoms with Gasteiger partial charge in [0.25, 0.3) is 0 Å². The molecule has 0 aromatic heterocycles. The molecule has 15 heavy (non-hydrogen) atoms. The summed E-state index contributed by atoms with van der Waals surface area (Å²) in [7, 11) is 0.266. The quantitative estimate of drug-likeness (QED) is 0.678. The minimum Gasteiger partial charge on any atom is -0.497 e. The molecule has 2 rings (SSSR count). The van der Waals surface area contributed by atoms with Crippen LogP contribution in [0.3, 0.4) is 0 Å². The maximum Gasteiger partial charge on any atom is 0.162 e. The zero-order valence-electron chi connectivity index (χ0n) is 9.46. The van der Waals surface area contributed by atoms with Crippen LogP contribution in [0.4, 0.5) is 0 Å². The Hall–Kier alpha value is -1.09. The van der Waals surface area contributed by atoms with Crippen LogP contribution < -0.4 is 9.92 Å². The van der Waals surface area contributed by atoms with Crippen LogP contribution in [-0.2, 0) is 0 Å². The van der Waals surface area contributed by atoms with E-state index in [4.69, 9.17) is 4.74 Å². The van der Waals surface area contributed by atoms with Gasteiger partial charge in [0.05, 0.1) is 15.2 Å². The third kappa shape index (κ3) is 1.72. The molecule has 0 fully saturated rings. The van der Waals surface area contributed by atoms with E-state index in [1.807, 2.05) is 12.1 Å². The first-order valence-electron chi connectivity index (χ1n) is 5.26. The predicted octanol–water partition coefficient (Wildman–Crippen LogP) is 2.20. The van der Waals surface area contributed by atoms with Gasteiger partial charge in [-0.2, -0.15) is 0 Å². The number of benzene rings is 1. The van der Waals surface area contributed by atoms with Crippen molar-refractivity contribution in [1.29, 1.82) is 0 Å². The van der Waals surface area contributed by atoms with Gasteiger partial charge >= 0.3 is 0 Å². The van der Waals surface area contributed by atoms with E-state index in [-0.39, 0.29) is 0 Å². The number of methoxy groups -OCH3 is 1. The van der Waals surface area contributed by atoms with Crippen LogP contribution in [0.1, 0.15) is 16.8 Å². The number of carbonyl (C=O) groups excluding carboxylic acids is 1. The number of Topliss-reactive ketones (excluding diaryl/α,β-unsaturated/α-hetero) is 1. The van der Waals surface area contributed by atoms with Gasteiger partial charge in [-0.3, -0.25) is 4.79 Å². The highest BCUT2D eigenvalue weighted by atomic mass is 28.3. The number of ketones is 1. The fourth-order valence-electron chi connectivity index (χ4n) is 2.15. The van der Waals surface area contributed by atoms with Crippen molar-refractivity contribution >= 4 is 19.0 Å². The van der Waals surface area contributed by atoms with Crippen molar-refractivity contribution in [3.63, 3.8) is 0 Å². The lowest BCUT2D eigenvalue weighted by atomic mass is 10.1. The maximum absolute atomic E-state index is 11.8. The van der Waals surface area contributed by atoms with E-state index in [0.717, 1.165) is 23.8 Å². The number of fused-ring (bicyclic) bond motifs is 1. The fraction of sp³-hybridized carbons (Fsp3) is 0.417. The monoisotopic (exact) mass is 220 g/mol. The Balaban J connectivity index is 2.58. The van der Waals surface area contributed by atoms with E-state index < -0.39 is 8.07 Å². The number of hydrogen-bond donors (Lipinski definition) is 0. The smallest absolute Gasteiger partial charge is 0.162 e. The zero-order valence-corrected chi connectivity index (χ0v) is 10.5. The molecule has 0 bridgehead atoms. The summed E-state index contributed by atoms with van der Waals surface area (Å²) >= 11 is 0. The lowest BCUT2D eigenvalue weighted by Crippen LogP contribution is -2.47. The number of ether oxygens (including phenoxy) is 1. The first-order chi connectivity index (χ1) is 7.04. The standard InChI is InChI=1S/C12H16O2Si/c1-14-9-4-5-10-11(13)6-7-15(2,3)12(10)8-9/h4-5,8H,6-7H2,1-3H3. The normalized spacial score (nSPS) is 18.5. The molecular weight excluding hydrogens is 204 g/mol. The highest BCUT2D eigenvalue weighted by Gasteiger charge is 2.33. The Bertz CT molecular complexity index is 410.